The lowest BCUT2D eigenvalue weighted by atomic mass is 10.2. The molecule has 17 heavy (non-hydrogen) atoms. The van der Waals surface area contributed by atoms with E-state index in [9.17, 15) is 0 Å². The van der Waals surface area contributed by atoms with Crippen LogP contribution in [0.1, 0.15) is 5.56 Å². The quantitative estimate of drug-likeness (QED) is 0.815. The van der Waals surface area contributed by atoms with Crippen LogP contribution in [0.5, 0.6) is 0 Å². The van der Waals surface area contributed by atoms with Gasteiger partial charge in [-0.05, 0) is 42.3 Å². The normalized spacial score (nSPS) is 10.2. The molecule has 0 saturated heterocycles. The molecule has 0 aliphatic heterocycles. The molecule has 2 rings (SSSR count). The molecule has 0 amide bonds. The molecule has 0 aliphatic carbocycles. The van der Waals surface area contributed by atoms with E-state index in [0.717, 1.165) is 18.7 Å². The van der Waals surface area contributed by atoms with Crippen LogP contribution in [0.3, 0.4) is 0 Å². The third-order valence-electron chi connectivity index (χ3n) is 2.79. The average Bonchev–Trinajstić information content (AvgIpc) is 2.38. The van der Waals surface area contributed by atoms with Crippen molar-refractivity contribution in [3.8, 4) is 0 Å². The average molecular weight is 227 g/mol. The Kier molecular flexibility index (Phi) is 3.60. The maximum Gasteiger partial charge on any atom is 0.0365 e. The number of nitrogens with zero attached hydrogens (tertiary/aromatic N) is 2. The van der Waals surface area contributed by atoms with E-state index >= 15 is 0 Å². The number of hydrogen-bond donors (Lipinski definition) is 1. The predicted molar refractivity (Wildman–Crippen MR) is 72.1 cm³/mol. The maximum atomic E-state index is 5.67. The van der Waals surface area contributed by atoms with Gasteiger partial charge in [-0.25, -0.2) is 0 Å². The number of nitrogens with two attached hydrogens (primary N) is 1. The SMILES string of the molecule is CN(CCc1cccnc1)c1ccc(N)cc1. The molecule has 0 bridgehead atoms. The molecular weight excluding hydrogens is 210 g/mol. The van der Waals surface area contributed by atoms with E-state index in [0.29, 0.717) is 0 Å². The summed E-state index contributed by atoms with van der Waals surface area (Å²) in [6.07, 6.45) is 4.71. The summed E-state index contributed by atoms with van der Waals surface area (Å²) in [5, 5.41) is 0. The Balaban J connectivity index is 1.93. The van der Waals surface area contributed by atoms with Crippen LogP contribution in [-0.4, -0.2) is 18.6 Å². The van der Waals surface area contributed by atoms with Gasteiger partial charge in [0.1, 0.15) is 0 Å². The minimum Gasteiger partial charge on any atom is -0.399 e. The van der Waals surface area contributed by atoms with Gasteiger partial charge in [0.15, 0.2) is 0 Å². The van der Waals surface area contributed by atoms with Gasteiger partial charge < -0.3 is 10.6 Å². The fourth-order valence-electron chi connectivity index (χ4n) is 1.70. The van der Waals surface area contributed by atoms with Crippen molar-refractivity contribution in [2.24, 2.45) is 0 Å². The zero-order valence-electron chi connectivity index (χ0n) is 10.0. The Hall–Kier alpha value is -2.03. The highest BCUT2D eigenvalue weighted by molar-refractivity contribution is 5.52. The highest BCUT2D eigenvalue weighted by Crippen LogP contribution is 2.15. The summed E-state index contributed by atoms with van der Waals surface area (Å²) < 4.78 is 0. The monoisotopic (exact) mass is 227 g/mol. The molecule has 0 saturated carbocycles. The van der Waals surface area contributed by atoms with Crippen molar-refractivity contribution in [3.05, 3.63) is 54.4 Å². The number of anilines is 2. The molecule has 0 spiro atoms. The van der Waals surface area contributed by atoms with Crippen LogP contribution in [-0.2, 0) is 6.42 Å². The summed E-state index contributed by atoms with van der Waals surface area (Å²) in [6.45, 7) is 0.968. The van der Waals surface area contributed by atoms with Gasteiger partial charge in [0, 0.05) is 37.4 Å². The number of rotatable bonds is 4. The Labute approximate surface area is 102 Å². The molecule has 0 atom stereocenters. The van der Waals surface area contributed by atoms with Gasteiger partial charge in [0.05, 0.1) is 0 Å². The lowest BCUT2D eigenvalue weighted by Gasteiger charge is -2.19. The Morgan fingerprint density at radius 3 is 2.59 bits per heavy atom. The Morgan fingerprint density at radius 1 is 1.18 bits per heavy atom. The molecule has 2 aromatic rings. The van der Waals surface area contributed by atoms with Crippen LogP contribution in [0.4, 0.5) is 11.4 Å². The van der Waals surface area contributed by atoms with Crippen molar-refractivity contribution in [3.63, 3.8) is 0 Å². The highest BCUT2D eigenvalue weighted by atomic mass is 15.1. The van der Waals surface area contributed by atoms with Crippen LogP contribution in [0.25, 0.3) is 0 Å². The third kappa shape index (κ3) is 3.21. The molecule has 3 nitrogen and oxygen atoms in total. The molecule has 1 aromatic carbocycles. The summed E-state index contributed by atoms with van der Waals surface area (Å²) in [4.78, 5) is 6.33. The maximum absolute atomic E-state index is 5.67. The first-order valence-corrected chi connectivity index (χ1v) is 5.71. The van der Waals surface area contributed by atoms with Gasteiger partial charge in [-0.2, -0.15) is 0 Å². The smallest absolute Gasteiger partial charge is 0.0365 e. The highest BCUT2D eigenvalue weighted by Gasteiger charge is 2.00. The van der Waals surface area contributed by atoms with Gasteiger partial charge in [-0.15, -0.1) is 0 Å². The van der Waals surface area contributed by atoms with Gasteiger partial charge in [0.25, 0.3) is 0 Å². The molecule has 0 aliphatic rings. The number of likely N-dealkylation sites (N-methyl/N-ethyl adjacent to an activating group) is 1. The zero-order valence-corrected chi connectivity index (χ0v) is 10.0. The molecule has 88 valence electrons. The molecule has 0 radical (unpaired) electrons. The number of hydrogen-bond acceptors (Lipinski definition) is 3. The van der Waals surface area contributed by atoms with Gasteiger partial charge >= 0.3 is 0 Å². The van der Waals surface area contributed by atoms with Crippen LogP contribution in [0, 0.1) is 0 Å². The van der Waals surface area contributed by atoms with Gasteiger partial charge in [-0.3, -0.25) is 4.98 Å². The molecule has 0 unspecified atom stereocenters. The van der Waals surface area contributed by atoms with Crippen LogP contribution in [0.2, 0.25) is 0 Å². The fourth-order valence-corrected chi connectivity index (χ4v) is 1.70. The summed E-state index contributed by atoms with van der Waals surface area (Å²) in [5.41, 5.74) is 8.91. The number of pyridine rings is 1. The summed E-state index contributed by atoms with van der Waals surface area (Å²) >= 11 is 0. The van der Waals surface area contributed by atoms with Crippen molar-refractivity contribution >= 4 is 11.4 Å². The first kappa shape index (κ1) is 11.5. The van der Waals surface area contributed by atoms with Crippen molar-refractivity contribution in [2.45, 2.75) is 6.42 Å². The van der Waals surface area contributed by atoms with Crippen molar-refractivity contribution in [1.82, 2.24) is 4.98 Å². The Morgan fingerprint density at radius 2 is 1.94 bits per heavy atom. The summed E-state index contributed by atoms with van der Waals surface area (Å²) in [5.74, 6) is 0. The lowest BCUT2D eigenvalue weighted by Crippen LogP contribution is -2.20. The van der Waals surface area contributed by atoms with Crippen LogP contribution >= 0.6 is 0 Å². The third-order valence-corrected chi connectivity index (χ3v) is 2.79. The first-order chi connectivity index (χ1) is 8.25. The second kappa shape index (κ2) is 5.34. The van der Waals surface area contributed by atoms with E-state index in [1.807, 2.05) is 36.5 Å². The minimum absolute atomic E-state index is 0.800. The molecule has 0 fully saturated rings. The molecule has 3 heteroatoms. The van der Waals surface area contributed by atoms with Crippen LogP contribution < -0.4 is 10.6 Å². The van der Waals surface area contributed by atoms with Gasteiger partial charge in [0.2, 0.25) is 0 Å². The topological polar surface area (TPSA) is 42.2 Å². The van der Waals surface area contributed by atoms with Gasteiger partial charge in [-0.1, -0.05) is 6.07 Å². The predicted octanol–water partition coefficient (Wildman–Crippen LogP) is 2.34. The van der Waals surface area contributed by atoms with Crippen LogP contribution in [0.15, 0.2) is 48.8 Å². The molecule has 1 aromatic heterocycles. The minimum atomic E-state index is 0.800. The fraction of sp³-hybridized carbons (Fsp3) is 0.214. The van der Waals surface area contributed by atoms with E-state index in [1.165, 1.54) is 11.3 Å². The summed E-state index contributed by atoms with van der Waals surface area (Å²) in [6, 6.07) is 12.0. The number of nitrogen functional groups attached to an aromatic ring is 1. The first-order valence-electron chi connectivity index (χ1n) is 5.71. The standard InChI is InChI=1S/C14H17N3/c1-17(14-6-4-13(15)5-7-14)10-8-12-3-2-9-16-11-12/h2-7,9,11H,8,10,15H2,1H3. The zero-order chi connectivity index (χ0) is 12.1. The largest absolute Gasteiger partial charge is 0.399 e. The van der Waals surface area contributed by atoms with Crippen molar-refractivity contribution in [1.29, 1.82) is 0 Å². The van der Waals surface area contributed by atoms with E-state index < -0.39 is 0 Å². The number of aromatic nitrogens is 1. The van der Waals surface area contributed by atoms with E-state index in [4.69, 9.17) is 5.73 Å². The lowest BCUT2D eigenvalue weighted by molar-refractivity contribution is 0.872. The Bertz CT molecular complexity index is 451. The van der Waals surface area contributed by atoms with Crippen molar-refractivity contribution < 1.29 is 0 Å². The van der Waals surface area contributed by atoms with Crippen molar-refractivity contribution in [2.75, 3.05) is 24.2 Å². The van der Waals surface area contributed by atoms with E-state index in [1.54, 1.807) is 6.20 Å². The second-order valence-electron chi connectivity index (χ2n) is 4.12. The van der Waals surface area contributed by atoms with E-state index in [2.05, 4.69) is 23.0 Å². The second-order valence-corrected chi connectivity index (χ2v) is 4.12. The molecular formula is C14H17N3. The number of benzene rings is 1. The molecule has 2 N–H and O–H groups in total. The summed E-state index contributed by atoms with van der Waals surface area (Å²) in [7, 11) is 2.09. The van der Waals surface area contributed by atoms with E-state index in [-0.39, 0.29) is 0 Å². The molecule has 1 heterocycles.